The lowest BCUT2D eigenvalue weighted by Gasteiger charge is -2.33. The molecule has 3 rings (SSSR count). The van der Waals surface area contributed by atoms with E-state index in [-0.39, 0.29) is 6.04 Å². The fourth-order valence-electron chi connectivity index (χ4n) is 3.25. The van der Waals surface area contributed by atoms with Gasteiger partial charge in [0.1, 0.15) is 0 Å². The molecule has 2 heterocycles. The number of hydrogen-bond acceptors (Lipinski definition) is 3. The summed E-state index contributed by atoms with van der Waals surface area (Å²) in [5.41, 5.74) is 0.827. The van der Waals surface area contributed by atoms with E-state index in [4.69, 9.17) is 35.4 Å². The number of thiocarbonyl (C=S) groups is 1. The number of rotatable bonds is 5. The van der Waals surface area contributed by atoms with Crippen molar-refractivity contribution in [1.82, 2.24) is 10.2 Å². The fraction of sp³-hybridized carbons (Fsp3) is 0.389. The van der Waals surface area contributed by atoms with Crippen LogP contribution in [-0.2, 0) is 0 Å². The van der Waals surface area contributed by atoms with Gasteiger partial charge in [0.2, 0.25) is 0 Å². The molecule has 7 heteroatoms. The van der Waals surface area contributed by atoms with Crippen LogP contribution < -0.4 is 10.6 Å². The Labute approximate surface area is 168 Å². The van der Waals surface area contributed by atoms with E-state index < -0.39 is 0 Å². The van der Waals surface area contributed by atoms with Crippen LogP contribution in [0.25, 0.3) is 0 Å². The highest BCUT2D eigenvalue weighted by molar-refractivity contribution is 7.80. The molecule has 2 aromatic rings. The van der Waals surface area contributed by atoms with Crippen LogP contribution in [0.15, 0.2) is 35.7 Å². The van der Waals surface area contributed by atoms with Gasteiger partial charge in [0, 0.05) is 16.6 Å². The number of benzene rings is 1. The van der Waals surface area contributed by atoms with Gasteiger partial charge in [0.25, 0.3) is 0 Å². The van der Waals surface area contributed by atoms with E-state index in [9.17, 15) is 0 Å². The topological polar surface area (TPSA) is 27.3 Å². The lowest BCUT2D eigenvalue weighted by atomic mass is 10.1. The van der Waals surface area contributed by atoms with Crippen LogP contribution in [0.5, 0.6) is 0 Å². The minimum absolute atomic E-state index is 0.194. The first-order valence-corrected chi connectivity index (χ1v) is 10.4. The molecule has 0 amide bonds. The van der Waals surface area contributed by atoms with E-state index in [0.29, 0.717) is 21.2 Å². The lowest BCUT2D eigenvalue weighted by Crippen LogP contribution is -2.45. The molecule has 0 aliphatic carbocycles. The summed E-state index contributed by atoms with van der Waals surface area (Å²) in [5, 5.41) is 10.4. The van der Waals surface area contributed by atoms with Crippen molar-refractivity contribution in [3.05, 3.63) is 50.6 Å². The van der Waals surface area contributed by atoms with Crippen LogP contribution in [0.3, 0.4) is 0 Å². The van der Waals surface area contributed by atoms with Gasteiger partial charge in [-0.3, -0.25) is 4.90 Å². The average molecular weight is 414 g/mol. The van der Waals surface area contributed by atoms with Crippen LogP contribution in [0.2, 0.25) is 10.0 Å². The van der Waals surface area contributed by atoms with Crippen molar-refractivity contribution in [3.8, 4) is 0 Å². The molecule has 0 bridgehead atoms. The Morgan fingerprint density at radius 3 is 2.60 bits per heavy atom. The van der Waals surface area contributed by atoms with E-state index in [2.05, 4.69) is 40.0 Å². The maximum atomic E-state index is 6.07. The van der Waals surface area contributed by atoms with Gasteiger partial charge in [-0.1, -0.05) is 29.3 Å². The molecule has 1 fully saturated rings. The molecule has 0 radical (unpaired) electrons. The van der Waals surface area contributed by atoms with Gasteiger partial charge < -0.3 is 10.6 Å². The lowest BCUT2D eigenvalue weighted by molar-refractivity contribution is 0.214. The summed E-state index contributed by atoms with van der Waals surface area (Å²) in [5.74, 6) is 0. The maximum Gasteiger partial charge on any atom is 0.171 e. The summed E-state index contributed by atoms with van der Waals surface area (Å²) in [4.78, 5) is 3.92. The van der Waals surface area contributed by atoms with Crippen LogP contribution in [0.4, 0.5) is 5.69 Å². The number of nitrogens with zero attached hydrogens (tertiary/aromatic N) is 1. The predicted molar refractivity (Wildman–Crippen MR) is 113 cm³/mol. The first-order chi connectivity index (χ1) is 12.0. The number of likely N-dealkylation sites (tertiary alicyclic amines) is 1. The summed E-state index contributed by atoms with van der Waals surface area (Å²) in [6.45, 7) is 4.47. The molecular weight excluding hydrogens is 393 g/mol. The molecule has 0 spiro atoms. The number of thiophene rings is 1. The summed E-state index contributed by atoms with van der Waals surface area (Å²) in [7, 11) is 0. The first kappa shape index (κ1) is 18.9. The van der Waals surface area contributed by atoms with Crippen molar-refractivity contribution >= 4 is 57.6 Å². The van der Waals surface area contributed by atoms with Gasteiger partial charge in [-0.25, -0.2) is 0 Å². The molecule has 1 aliphatic heterocycles. The predicted octanol–water partition coefficient (Wildman–Crippen LogP) is 5.57. The second-order valence-electron chi connectivity index (χ2n) is 6.22. The van der Waals surface area contributed by atoms with Crippen LogP contribution in [0.1, 0.15) is 30.7 Å². The Balaban J connectivity index is 1.66. The van der Waals surface area contributed by atoms with Crippen LogP contribution >= 0.6 is 46.8 Å². The van der Waals surface area contributed by atoms with Gasteiger partial charge in [-0.2, -0.15) is 0 Å². The Kier molecular flexibility index (Phi) is 6.58. The molecule has 2 atom stereocenters. The number of nitrogens with one attached hydrogen (secondary N) is 2. The highest BCUT2D eigenvalue weighted by Crippen LogP contribution is 2.31. The molecule has 25 heavy (non-hydrogen) atoms. The molecule has 0 saturated carbocycles. The number of hydrogen-bond donors (Lipinski definition) is 2. The zero-order chi connectivity index (χ0) is 17.8. The molecule has 1 aliphatic rings. The zero-order valence-corrected chi connectivity index (χ0v) is 17.1. The quantitative estimate of drug-likeness (QED) is 0.626. The molecule has 1 aromatic carbocycles. The maximum absolute atomic E-state index is 6.07. The Morgan fingerprint density at radius 1 is 1.20 bits per heavy atom. The molecule has 2 N–H and O–H groups in total. The first-order valence-electron chi connectivity index (χ1n) is 8.34. The van der Waals surface area contributed by atoms with E-state index in [1.54, 1.807) is 23.5 Å². The van der Waals surface area contributed by atoms with Crippen LogP contribution in [-0.4, -0.2) is 29.1 Å². The van der Waals surface area contributed by atoms with Crippen molar-refractivity contribution in [2.45, 2.75) is 31.8 Å². The second kappa shape index (κ2) is 8.69. The second-order valence-corrected chi connectivity index (χ2v) is 8.42. The van der Waals surface area contributed by atoms with Crippen molar-refractivity contribution in [2.75, 3.05) is 18.4 Å². The summed E-state index contributed by atoms with van der Waals surface area (Å²) in [6.07, 6.45) is 2.53. The van der Waals surface area contributed by atoms with E-state index in [1.165, 1.54) is 17.7 Å². The van der Waals surface area contributed by atoms with Crippen molar-refractivity contribution in [2.24, 2.45) is 0 Å². The zero-order valence-electron chi connectivity index (χ0n) is 14.0. The largest absolute Gasteiger partial charge is 0.358 e. The average Bonchev–Trinajstić information content (AvgIpc) is 3.25. The van der Waals surface area contributed by atoms with Gasteiger partial charge in [0.05, 0.1) is 16.1 Å². The molecule has 3 nitrogen and oxygen atoms in total. The number of anilines is 1. The van der Waals surface area contributed by atoms with Gasteiger partial charge in [-0.05, 0) is 74.7 Å². The Hall–Kier alpha value is -0.850. The molecule has 134 valence electrons. The van der Waals surface area contributed by atoms with Gasteiger partial charge in [0.15, 0.2) is 5.11 Å². The normalized spacial score (nSPS) is 17.2. The van der Waals surface area contributed by atoms with Crippen molar-refractivity contribution in [1.29, 1.82) is 0 Å². The monoisotopic (exact) mass is 413 g/mol. The molecule has 0 unspecified atom stereocenters. The summed E-state index contributed by atoms with van der Waals surface area (Å²) >= 11 is 19.3. The Morgan fingerprint density at radius 2 is 1.96 bits per heavy atom. The minimum Gasteiger partial charge on any atom is -0.358 e. The van der Waals surface area contributed by atoms with E-state index >= 15 is 0 Å². The summed E-state index contributed by atoms with van der Waals surface area (Å²) < 4.78 is 0. The summed E-state index contributed by atoms with van der Waals surface area (Å²) in [6, 6.07) is 10.3. The third-order valence-electron chi connectivity index (χ3n) is 4.38. The van der Waals surface area contributed by atoms with Crippen molar-refractivity contribution in [3.63, 3.8) is 0 Å². The highest BCUT2D eigenvalue weighted by atomic mass is 35.5. The highest BCUT2D eigenvalue weighted by Gasteiger charge is 2.29. The van der Waals surface area contributed by atoms with E-state index in [1.807, 2.05) is 6.07 Å². The third-order valence-corrected chi connectivity index (χ3v) is 6.28. The Bertz CT molecular complexity index is 715. The standard InChI is InChI=1S/C18H21Cl2N3S2/c1-12(17(16-5-4-10-25-16)23-8-2-3-9-23)21-18(24)22-13-6-7-14(19)15(20)11-13/h4-7,10-12,17H,2-3,8-9H2,1H3,(H2,21,22,24)/t12-,17+/m0/s1. The van der Waals surface area contributed by atoms with Crippen molar-refractivity contribution < 1.29 is 0 Å². The van der Waals surface area contributed by atoms with Crippen LogP contribution in [0, 0.1) is 0 Å². The smallest absolute Gasteiger partial charge is 0.171 e. The molecule has 1 saturated heterocycles. The minimum atomic E-state index is 0.194. The SMILES string of the molecule is C[C@H](NC(=S)Nc1ccc(Cl)c(Cl)c1)[C@H](c1cccs1)N1CCCC1. The molecule has 1 aromatic heterocycles. The molecular formula is C18H21Cl2N3S2. The third kappa shape index (κ3) is 4.86. The van der Waals surface area contributed by atoms with Gasteiger partial charge in [-0.15, -0.1) is 11.3 Å². The van der Waals surface area contributed by atoms with Gasteiger partial charge >= 0.3 is 0 Å². The number of halogens is 2. The van der Waals surface area contributed by atoms with E-state index in [0.717, 1.165) is 18.8 Å². The fourth-order valence-corrected chi connectivity index (χ4v) is 4.81.